The number of nitrogens with one attached hydrogen (secondary N) is 1. The Morgan fingerprint density at radius 2 is 1.96 bits per heavy atom. The number of hydrogen-bond donors (Lipinski definition) is 1. The van der Waals surface area contributed by atoms with E-state index in [1.165, 1.54) is 17.0 Å². The molecule has 0 bridgehead atoms. The third-order valence-electron chi connectivity index (χ3n) is 4.43. The van der Waals surface area contributed by atoms with Crippen LogP contribution in [0.1, 0.15) is 18.4 Å². The smallest absolute Gasteiger partial charge is 0.317 e. The molecule has 1 saturated heterocycles. The van der Waals surface area contributed by atoms with Gasteiger partial charge in [0.15, 0.2) is 0 Å². The van der Waals surface area contributed by atoms with Gasteiger partial charge < -0.3 is 15.1 Å². The van der Waals surface area contributed by atoms with Gasteiger partial charge >= 0.3 is 6.03 Å². The summed E-state index contributed by atoms with van der Waals surface area (Å²) >= 11 is 0. The molecule has 6 nitrogen and oxygen atoms in total. The summed E-state index contributed by atoms with van der Waals surface area (Å²) in [6.07, 6.45) is 4.98. The van der Waals surface area contributed by atoms with E-state index in [1.807, 2.05) is 0 Å². The lowest BCUT2D eigenvalue weighted by Crippen LogP contribution is -2.48. The molecule has 2 aromatic rings. The second-order valence-corrected chi connectivity index (χ2v) is 6.35. The van der Waals surface area contributed by atoms with Crippen molar-refractivity contribution < 1.29 is 13.6 Å². The van der Waals surface area contributed by atoms with Crippen LogP contribution in [0.15, 0.2) is 36.7 Å². The van der Waals surface area contributed by atoms with E-state index in [0.717, 1.165) is 32.0 Å². The van der Waals surface area contributed by atoms with Crippen molar-refractivity contribution >= 4 is 12.0 Å². The van der Waals surface area contributed by atoms with Gasteiger partial charge in [-0.25, -0.2) is 23.5 Å². The van der Waals surface area contributed by atoms with Crippen LogP contribution < -0.4 is 10.2 Å². The molecule has 2 heterocycles. The summed E-state index contributed by atoms with van der Waals surface area (Å²) in [5.41, 5.74) is 0.278. The van der Waals surface area contributed by atoms with Gasteiger partial charge in [0.05, 0.1) is 0 Å². The minimum Gasteiger partial charge on any atom is -0.341 e. The van der Waals surface area contributed by atoms with Crippen molar-refractivity contribution in [2.75, 3.05) is 25.0 Å². The molecule has 138 valence electrons. The SMILES string of the molecule is CN(Cc1ccc(F)cc1F)C(=O)NC1CCN(c2ncccn2)CC1. The molecule has 1 aromatic carbocycles. The molecule has 0 spiro atoms. The van der Waals surface area contributed by atoms with Gasteiger partial charge in [0.2, 0.25) is 5.95 Å². The first-order valence-corrected chi connectivity index (χ1v) is 8.50. The van der Waals surface area contributed by atoms with Gasteiger partial charge in [-0.3, -0.25) is 0 Å². The van der Waals surface area contributed by atoms with Crippen molar-refractivity contribution in [1.29, 1.82) is 0 Å². The fourth-order valence-corrected chi connectivity index (χ4v) is 2.94. The van der Waals surface area contributed by atoms with Crippen LogP contribution in [0.4, 0.5) is 19.5 Å². The van der Waals surface area contributed by atoms with Crippen LogP contribution in [0.2, 0.25) is 0 Å². The van der Waals surface area contributed by atoms with E-state index in [-0.39, 0.29) is 24.2 Å². The zero-order chi connectivity index (χ0) is 18.5. The average molecular weight is 361 g/mol. The normalized spacial score (nSPS) is 15.0. The van der Waals surface area contributed by atoms with E-state index in [0.29, 0.717) is 5.95 Å². The molecule has 8 heteroatoms. The number of aromatic nitrogens is 2. The first kappa shape index (κ1) is 18.0. The molecule has 1 fully saturated rings. The van der Waals surface area contributed by atoms with Crippen LogP contribution in [-0.4, -0.2) is 47.1 Å². The second-order valence-electron chi connectivity index (χ2n) is 6.35. The highest BCUT2D eigenvalue weighted by molar-refractivity contribution is 5.74. The Hall–Kier alpha value is -2.77. The van der Waals surface area contributed by atoms with Crippen LogP contribution >= 0.6 is 0 Å². The quantitative estimate of drug-likeness (QED) is 0.909. The molecule has 2 amide bonds. The average Bonchev–Trinajstić information content (AvgIpc) is 2.65. The number of piperidine rings is 1. The number of rotatable bonds is 4. The Morgan fingerprint density at radius 3 is 2.62 bits per heavy atom. The monoisotopic (exact) mass is 361 g/mol. The summed E-state index contributed by atoms with van der Waals surface area (Å²) in [5, 5.41) is 2.96. The maximum Gasteiger partial charge on any atom is 0.317 e. The number of urea groups is 1. The Labute approximate surface area is 150 Å². The number of benzene rings is 1. The van der Waals surface area contributed by atoms with Gasteiger partial charge in [-0.1, -0.05) is 6.07 Å². The third-order valence-corrected chi connectivity index (χ3v) is 4.43. The highest BCUT2D eigenvalue weighted by Gasteiger charge is 2.23. The minimum atomic E-state index is -0.652. The Morgan fingerprint density at radius 1 is 1.27 bits per heavy atom. The topological polar surface area (TPSA) is 61.4 Å². The zero-order valence-electron chi connectivity index (χ0n) is 14.5. The number of carbonyl (C=O) groups is 1. The molecular formula is C18H21F2N5O. The van der Waals surface area contributed by atoms with Crippen molar-refractivity contribution in [3.63, 3.8) is 0 Å². The van der Waals surface area contributed by atoms with Gasteiger partial charge in [0.25, 0.3) is 0 Å². The summed E-state index contributed by atoms with van der Waals surface area (Å²) in [7, 11) is 1.59. The maximum absolute atomic E-state index is 13.7. The summed E-state index contributed by atoms with van der Waals surface area (Å²) in [4.78, 5) is 24.3. The predicted octanol–water partition coefficient (Wildman–Crippen LogP) is 2.57. The molecule has 1 aliphatic rings. The lowest BCUT2D eigenvalue weighted by molar-refractivity contribution is 0.199. The van der Waals surface area contributed by atoms with E-state index < -0.39 is 11.6 Å². The molecule has 26 heavy (non-hydrogen) atoms. The lowest BCUT2D eigenvalue weighted by Gasteiger charge is -2.33. The molecule has 0 unspecified atom stereocenters. The van der Waals surface area contributed by atoms with Crippen LogP contribution in [0.25, 0.3) is 0 Å². The maximum atomic E-state index is 13.7. The fraction of sp³-hybridized carbons (Fsp3) is 0.389. The van der Waals surface area contributed by atoms with Gasteiger partial charge in [0, 0.05) is 56.7 Å². The van der Waals surface area contributed by atoms with Crippen molar-refractivity contribution in [1.82, 2.24) is 20.2 Å². The number of carbonyl (C=O) groups excluding carboxylic acids is 1. The first-order valence-electron chi connectivity index (χ1n) is 8.50. The predicted molar refractivity (Wildman–Crippen MR) is 93.6 cm³/mol. The standard InChI is InChI=1S/C18H21F2N5O/c1-24(12-13-3-4-14(19)11-16(13)20)18(26)23-15-5-9-25(10-6-15)17-21-7-2-8-22-17/h2-4,7-8,11,15H,5-6,9-10,12H2,1H3,(H,23,26). The van der Waals surface area contributed by atoms with Gasteiger partial charge in [-0.2, -0.15) is 0 Å². The minimum absolute atomic E-state index is 0.0444. The summed E-state index contributed by atoms with van der Waals surface area (Å²) in [6, 6.07) is 4.91. The fourth-order valence-electron chi connectivity index (χ4n) is 2.94. The van der Waals surface area contributed by atoms with Crippen LogP contribution in [0.3, 0.4) is 0 Å². The van der Waals surface area contributed by atoms with Gasteiger partial charge in [-0.05, 0) is 25.0 Å². The van der Waals surface area contributed by atoms with Gasteiger partial charge in [-0.15, -0.1) is 0 Å². The van der Waals surface area contributed by atoms with E-state index in [4.69, 9.17) is 0 Å². The summed E-state index contributed by atoms with van der Waals surface area (Å²) < 4.78 is 26.7. The Kier molecular flexibility index (Phi) is 5.60. The number of amides is 2. The van der Waals surface area contributed by atoms with Crippen molar-refractivity contribution in [2.45, 2.75) is 25.4 Å². The van der Waals surface area contributed by atoms with Crippen molar-refractivity contribution in [3.05, 3.63) is 53.9 Å². The molecule has 1 aromatic heterocycles. The number of hydrogen-bond acceptors (Lipinski definition) is 4. The largest absolute Gasteiger partial charge is 0.341 e. The lowest BCUT2D eigenvalue weighted by atomic mass is 10.1. The zero-order valence-corrected chi connectivity index (χ0v) is 14.5. The molecule has 3 rings (SSSR count). The summed E-state index contributed by atoms with van der Waals surface area (Å²) in [6.45, 7) is 1.59. The molecule has 1 N–H and O–H groups in total. The Balaban J connectivity index is 1.49. The second kappa shape index (κ2) is 8.07. The number of halogens is 2. The van der Waals surface area contributed by atoms with Crippen LogP contribution in [-0.2, 0) is 6.54 Å². The van der Waals surface area contributed by atoms with E-state index in [2.05, 4.69) is 20.2 Å². The molecule has 0 saturated carbocycles. The van der Waals surface area contributed by atoms with Crippen LogP contribution in [0.5, 0.6) is 0 Å². The van der Waals surface area contributed by atoms with E-state index in [1.54, 1.807) is 25.5 Å². The van der Waals surface area contributed by atoms with E-state index in [9.17, 15) is 13.6 Å². The number of anilines is 1. The van der Waals surface area contributed by atoms with Crippen molar-refractivity contribution in [3.8, 4) is 0 Å². The highest BCUT2D eigenvalue weighted by Crippen LogP contribution is 2.16. The van der Waals surface area contributed by atoms with Gasteiger partial charge in [0.1, 0.15) is 11.6 Å². The molecule has 0 radical (unpaired) electrons. The number of nitrogens with zero attached hydrogens (tertiary/aromatic N) is 4. The van der Waals surface area contributed by atoms with Crippen LogP contribution in [0, 0.1) is 11.6 Å². The first-order chi connectivity index (χ1) is 12.5. The van der Waals surface area contributed by atoms with Crippen molar-refractivity contribution in [2.24, 2.45) is 0 Å². The molecule has 0 aliphatic carbocycles. The Bertz CT molecular complexity index is 751. The van der Waals surface area contributed by atoms with E-state index >= 15 is 0 Å². The third kappa shape index (κ3) is 4.44. The summed E-state index contributed by atoms with van der Waals surface area (Å²) in [5.74, 6) is -0.588. The molecule has 0 atom stereocenters. The highest BCUT2D eigenvalue weighted by atomic mass is 19.1. The molecule has 1 aliphatic heterocycles. The molecular weight excluding hydrogens is 340 g/mol.